The zero-order valence-electron chi connectivity index (χ0n) is 8.73. The normalized spacial score (nSPS) is 9.67. The van der Waals surface area contributed by atoms with Crippen LogP contribution in [0.5, 0.6) is 11.5 Å². The Morgan fingerprint density at radius 3 is 2.60 bits per heavy atom. The Kier molecular flexibility index (Phi) is 4.47. The average Bonchev–Trinajstić information content (AvgIpc) is 2.18. The molecule has 15 heavy (non-hydrogen) atoms. The van der Waals surface area contributed by atoms with E-state index in [4.69, 9.17) is 15.2 Å². The van der Waals surface area contributed by atoms with Crippen LogP contribution in [0.3, 0.4) is 0 Å². The number of carbonyl (C=O) groups excluding carboxylic acids is 1. The van der Waals surface area contributed by atoms with Crippen molar-refractivity contribution in [3.63, 3.8) is 0 Å². The number of ether oxygens (including phenoxy) is 2. The van der Waals surface area contributed by atoms with Gasteiger partial charge < -0.3 is 15.2 Å². The van der Waals surface area contributed by atoms with Gasteiger partial charge in [0.2, 0.25) is 5.91 Å². The molecule has 0 aliphatic rings. The van der Waals surface area contributed by atoms with E-state index in [1.807, 2.05) is 25.1 Å². The molecule has 1 rings (SSSR count). The molecular formula is C11H15NO3. The van der Waals surface area contributed by atoms with Crippen molar-refractivity contribution in [1.82, 2.24) is 0 Å². The van der Waals surface area contributed by atoms with Crippen LogP contribution in [0.2, 0.25) is 0 Å². The number of amides is 1. The van der Waals surface area contributed by atoms with Gasteiger partial charge >= 0.3 is 0 Å². The van der Waals surface area contributed by atoms with Crippen molar-refractivity contribution in [3.05, 3.63) is 24.3 Å². The van der Waals surface area contributed by atoms with Crippen molar-refractivity contribution in [2.24, 2.45) is 5.73 Å². The largest absolute Gasteiger partial charge is 0.494 e. The summed E-state index contributed by atoms with van der Waals surface area (Å²) in [6.45, 7) is 2.83. The quantitative estimate of drug-likeness (QED) is 0.769. The first-order valence-electron chi connectivity index (χ1n) is 4.86. The lowest BCUT2D eigenvalue weighted by atomic mass is 10.3. The van der Waals surface area contributed by atoms with Crippen molar-refractivity contribution < 1.29 is 14.3 Å². The van der Waals surface area contributed by atoms with Crippen LogP contribution in [0.25, 0.3) is 0 Å². The van der Waals surface area contributed by atoms with Gasteiger partial charge in [0.25, 0.3) is 0 Å². The summed E-state index contributed by atoms with van der Waals surface area (Å²) >= 11 is 0. The SMILES string of the molecule is CCOc1cccc(OCCC(N)=O)c1. The molecule has 0 spiro atoms. The number of hydrogen-bond donors (Lipinski definition) is 1. The Labute approximate surface area is 89.0 Å². The number of hydrogen-bond acceptors (Lipinski definition) is 3. The summed E-state index contributed by atoms with van der Waals surface area (Å²) in [6.07, 6.45) is 0.221. The van der Waals surface area contributed by atoms with Gasteiger partial charge in [-0.25, -0.2) is 0 Å². The molecule has 0 aromatic heterocycles. The summed E-state index contributed by atoms with van der Waals surface area (Å²) in [5.41, 5.74) is 4.99. The Hall–Kier alpha value is -1.71. The van der Waals surface area contributed by atoms with Gasteiger partial charge in [-0.2, -0.15) is 0 Å². The molecule has 0 saturated carbocycles. The van der Waals surface area contributed by atoms with Gasteiger partial charge in [0.15, 0.2) is 0 Å². The molecule has 0 heterocycles. The van der Waals surface area contributed by atoms with Crippen molar-refractivity contribution in [2.45, 2.75) is 13.3 Å². The molecule has 0 atom stereocenters. The van der Waals surface area contributed by atoms with Gasteiger partial charge in [0.1, 0.15) is 11.5 Å². The molecule has 0 fully saturated rings. The van der Waals surface area contributed by atoms with Crippen LogP contribution in [0.4, 0.5) is 0 Å². The highest BCUT2D eigenvalue weighted by Gasteiger charge is 1.98. The van der Waals surface area contributed by atoms with Crippen LogP contribution in [0, 0.1) is 0 Å². The molecule has 2 N–H and O–H groups in total. The van der Waals surface area contributed by atoms with Crippen LogP contribution in [-0.2, 0) is 4.79 Å². The fraction of sp³-hybridized carbons (Fsp3) is 0.364. The molecule has 4 heteroatoms. The van der Waals surface area contributed by atoms with Crippen LogP contribution < -0.4 is 15.2 Å². The van der Waals surface area contributed by atoms with E-state index in [1.54, 1.807) is 6.07 Å². The highest BCUT2D eigenvalue weighted by atomic mass is 16.5. The third-order valence-corrected chi connectivity index (χ3v) is 1.73. The van der Waals surface area contributed by atoms with E-state index >= 15 is 0 Å². The summed E-state index contributed by atoms with van der Waals surface area (Å²) in [4.78, 5) is 10.5. The third-order valence-electron chi connectivity index (χ3n) is 1.73. The monoisotopic (exact) mass is 209 g/mol. The van der Waals surface area contributed by atoms with Gasteiger partial charge in [-0.1, -0.05) is 6.07 Å². The van der Waals surface area contributed by atoms with Gasteiger partial charge in [0.05, 0.1) is 19.6 Å². The summed E-state index contributed by atoms with van der Waals surface area (Å²) in [5, 5.41) is 0. The van der Waals surface area contributed by atoms with Crippen molar-refractivity contribution >= 4 is 5.91 Å². The summed E-state index contributed by atoms with van der Waals surface area (Å²) in [7, 11) is 0. The summed E-state index contributed by atoms with van der Waals surface area (Å²) in [6, 6.07) is 7.28. The minimum atomic E-state index is -0.365. The second-order valence-corrected chi connectivity index (χ2v) is 2.97. The van der Waals surface area contributed by atoms with Crippen molar-refractivity contribution in [3.8, 4) is 11.5 Å². The van der Waals surface area contributed by atoms with Crippen molar-refractivity contribution in [1.29, 1.82) is 0 Å². The zero-order valence-corrected chi connectivity index (χ0v) is 8.73. The van der Waals surface area contributed by atoms with E-state index in [-0.39, 0.29) is 12.3 Å². The topological polar surface area (TPSA) is 61.6 Å². The molecule has 1 aromatic carbocycles. The van der Waals surface area contributed by atoms with Crippen molar-refractivity contribution in [2.75, 3.05) is 13.2 Å². The molecule has 0 saturated heterocycles. The predicted octanol–water partition coefficient (Wildman–Crippen LogP) is 1.34. The molecule has 4 nitrogen and oxygen atoms in total. The predicted molar refractivity (Wildman–Crippen MR) is 56.9 cm³/mol. The second kappa shape index (κ2) is 5.90. The van der Waals surface area contributed by atoms with Crippen LogP contribution in [-0.4, -0.2) is 19.1 Å². The highest BCUT2D eigenvalue weighted by molar-refractivity contribution is 5.73. The van der Waals surface area contributed by atoms with Gasteiger partial charge in [0, 0.05) is 6.07 Å². The Bertz CT molecular complexity index is 325. The van der Waals surface area contributed by atoms with Gasteiger partial charge in [-0.3, -0.25) is 4.79 Å². The average molecular weight is 209 g/mol. The van der Waals surface area contributed by atoms with Crippen LogP contribution >= 0.6 is 0 Å². The Balaban J connectivity index is 2.46. The maximum Gasteiger partial charge on any atom is 0.220 e. The number of nitrogens with two attached hydrogens (primary N) is 1. The van der Waals surface area contributed by atoms with Crippen LogP contribution in [0.1, 0.15) is 13.3 Å². The third kappa shape index (κ3) is 4.35. The minimum Gasteiger partial charge on any atom is -0.494 e. The maximum atomic E-state index is 10.5. The fourth-order valence-corrected chi connectivity index (χ4v) is 1.09. The molecule has 82 valence electrons. The van der Waals surface area contributed by atoms with E-state index in [0.29, 0.717) is 19.0 Å². The van der Waals surface area contributed by atoms with Crippen LogP contribution in [0.15, 0.2) is 24.3 Å². The van der Waals surface area contributed by atoms with E-state index in [9.17, 15) is 4.79 Å². The van der Waals surface area contributed by atoms with Gasteiger partial charge in [-0.05, 0) is 19.1 Å². The summed E-state index contributed by atoms with van der Waals surface area (Å²) in [5.74, 6) is 1.08. The lowest BCUT2D eigenvalue weighted by molar-refractivity contribution is -0.118. The second-order valence-electron chi connectivity index (χ2n) is 2.97. The molecule has 1 aromatic rings. The first-order chi connectivity index (χ1) is 7.22. The Morgan fingerprint density at radius 2 is 2.00 bits per heavy atom. The van der Waals surface area contributed by atoms with E-state index in [2.05, 4.69) is 0 Å². The maximum absolute atomic E-state index is 10.5. The highest BCUT2D eigenvalue weighted by Crippen LogP contribution is 2.19. The fourth-order valence-electron chi connectivity index (χ4n) is 1.09. The molecular weight excluding hydrogens is 194 g/mol. The number of carbonyl (C=O) groups is 1. The Morgan fingerprint density at radius 1 is 1.33 bits per heavy atom. The van der Waals surface area contributed by atoms with E-state index in [0.717, 1.165) is 5.75 Å². The lowest BCUT2D eigenvalue weighted by Gasteiger charge is -2.07. The summed E-state index contributed by atoms with van der Waals surface area (Å²) < 4.78 is 10.6. The first-order valence-corrected chi connectivity index (χ1v) is 4.86. The van der Waals surface area contributed by atoms with Gasteiger partial charge in [-0.15, -0.1) is 0 Å². The molecule has 0 aliphatic heterocycles. The molecule has 0 radical (unpaired) electrons. The van der Waals surface area contributed by atoms with E-state index < -0.39 is 0 Å². The number of benzene rings is 1. The molecule has 0 unspecified atom stereocenters. The number of primary amides is 1. The number of rotatable bonds is 6. The minimum absolute atomic E-state index is 0.221. The molecule has 0 bridgehead atoms. The molecule has 1 amide bonds. The van der Waals surface area contributed by atoms with E-state index in [1.165, 1.54) is 0 Å². The lowest BCUT2D eigenvalue weighted by Crippen LogP contribution is -2.14. The first kappa shape index (κ1) is 11.4. The molecule has 0 aliphatic carbocycles. The zero-order chi connectivity index (χ0) is 11.1. The standard InChI is InChI=1S/C11H15NO3/c1-2-14-9-4-3-5-10(8-9)15-7-6-11(12)13/h3-5,8H,2,6-7H2,1H3,(H2,12,13). The smallest absolute Gasteiger partial charge is 0.220 e.